The van der Waals surface area contributed by atoms with Crippen LogP contribution in [-0.4, -0.2) is 23.3 Å². The number of anilines is 1. The van der Waals surface area contributed by atoms with Crippen LogP contribution in [0.3, 0.4) is 0 Å². The lowest BCUT2D eigenvalue weighted by Crippen LogP contribution is -2.30. The van der Waals surface area contributed by atoms with Crippen LogP contribution in [-0.2, 0) is 24.3 Å². The molecule has 5 nitrogen and oxygen atoms in total. The molecule has 0 saturated carbocycles. The molecule has 0 bridgehead atoms. The minimum atomic E-state index is -0.529. The molecule has 0 spiro atoms. The van der Waals surface area contributed by atoms with E-state index < -0.39 is 11.3 Å². The molecule has 0 atom stereocenters. The van der Waals surface area contributed by atoms with Gasteiger partial charge in [-0.3, -0.25) is 14.5 Å². The van der Waals surface area contributed by atoms with E-state index in [4.69, 9.17) is 5.73 Å². The predicted molar refractivity (Wildman–Crippen MR) is 105 cm³/mol. The van der Waals surface area contributed by atoms with Gasteiger partial charge in [0.2, 0.25) is 5.91 Å². The molecule has 0 radical (unpaired) electrons. The first-order valence-electron chi connectivity index (χ1n) is 8.78. The molecule has 0 fully saturated rings. The SMILES string of the molecule is CC(C)(C)C(=O)Nc1sc2c(c1C(N)=O)CCN(Cc1ccccc1)C2. The van der Waals surface area contributed by atoms with E-state index in [-0.39, 0.29) is 5.91 Å². The minimum Gasteiger partial charge on any atom is -0.365 e. The van der Waals surface area contributed by atoms with Crippen LogP contribution >= 0.6 is 11.3 Å². The highest BCUT2D eigenvalue weighted by Gasteiger charge is 2.29. The molecule has 1 aromatic carbocycles. The van der Waals surface area contributed by atoms with E-state index in [1.165, 1.54) is 16.9 Å². The van der Waals surface area contributed by atoms with Crippen LogP contribution < -0.4 is 11.1 Å². The first-order chi connectivity index (χ1) is 12.3. The number of amides is 2. The van der Waals surface area contributed by atoms with Crippen molar-refractivity contribution in [3.8, 4) is 0 Å². The Labute approximate surface area is 158 Å². The van der Waals surface area contributed by atoms with Gasteiger partial charge in [-0.1, -0.05) is 51.1 Å². The Morgan fingerprint density at radius 1 is 1.23 bits per heavy atom. The van der Waals surface area contributed by atoms with Gasteiger partial charge in [0, 0.05) is 29.9 Å². The fourth-order valence-corrected chi connectivity index (χ4v) is 4.36. The largest absolute Gasteiger partial charge is 0.365 e. The summed E-state index contributed by atoms with van der Waals surface area (Å²) in [5.74, 6) is -0.581. The van der Waals surface area contributed by atoms with E-state index in [0.29, 0.717) is 10.6 Å². The summed E-state index contributed by atoms with van der Waals surface area (Å²) >= 11 is 1.47. The Balaban J connectivity index is 1.83. The van der Waals surface area contributed by atoms with Gasteiger partial charge in [0.15, 0.2) is 0 Å². The Morgan fingerprint density at radius 2 is 1.92 bits per heavy atom. The highest BCUT2D eigenvalue weighted by atomic mass is 32.1. The number of carbonyl (C=O) groups excluding carboxylic acids is 2. The van der Waals surface area contributed by atoms with Crippen LogP contribution in [0.1, 0.15) is 47.1 Å². The lowest BCUT2D eigenvalue weighted by molar-refractivity contribution is -0.123. The van der Waals surface area contributed by atoms with Gasteiger partial charge in [0.1, 0.15) is 5.00 Å². The second kappa shape index (κ2) is 7.21. The zero-order chi connectivity index (χ0) is 18.9. The number of nitrogens with zero attached hydrogens (tertiary/aromatic N) is 1. The van der Waals surface area contributed by atoms with Gasteiger partial charge >= 0.3 is 0 Å². The molecule has 2 amide bonds. The second-order valence-electron chi connectivity index (χ2n) is 7.72. The molecule has 0 aliphatic carbocycles. The van der Waals surface area contributed by atoms with E-state index in [1.54, 1.807) is 0 Å². The van der Waals surface area contributed by atoms with Gasteiger partial charge in [0.25, 0.3) is 5.91 Å². The number of nitrogens with one attached hydrogen (secondary N) is 1. The number of hydrogen-bond acceptors (Lipinski definition) is 4. The van der Waals surface area contributed by atoms with Gasteiger partial charge in [-0.2, -0.15) is 0 Å². The van der Waals surface area contributed by atoms with Crippen molar-refractivity contribution < 1.29 is 9.59 Å². The van der Waals surface area contributed by atoms with Crippen LogP contribution in [0, 0.1) is 5.41 Å². The van der Waals surface area contributed by atoms with Crippen molar-refractivity contribution in [1.29, 1.82) is 0 Å². The lowest BCUT2D eigenvalue weighted by atomic mass is 9.95. The van der Waals surface area contributed by atoms with Crippen LogP contribution in [0.25, 0.3) is 0 Å². The number of carbonyl (C=O) groups is 2. The van der Waals surface area contributed by atoms with E-state index >= 15 is 0 Å². The molecule has 26 heavy (non-hydrogen) atoms. The van der Waals surface area contributed by atoms with Crippen molar-refractivity contribution in [3.05, 3.63) is 51.9 Å². The van der Waals surface area contributed by atoms with Gasteiger partial charge in [0.05, 0.1) is 5.56 Å². The molecular formula is C20H25N3O2S. The van der Waals surface area contributed by atoms with Gasteiger partial charge in [-0.05, 0) is 17.5 Å². The molecule has 1 aromatic heterocycles. The van der Waals surface area contributed by atoms with Gasteiger partial charge < -0.3 is 11.1 Å². The summed E-state index contributed by atoms with van der Waals surface area (Å²) in [6, 6.07) is 10.3. The molecule has 2 aromatic rings. The molecule has 3 rings (SSSR count). The quantitative estimate of drug-likeness (QED) is 0.865. The summed E-state index contributed by atoms with van der Waals surface area (Å²) in [6.45, 7) is 8.05. The first-order valence-corrected chi connectivity index (χ1v) is 9.59. The summed E-state index contributed by atoms with van der Waals surface area (Å²) in [6.07, 6.45) is 0.766. The maximum absolute atomic E-state index is 12.4. The Kier molecular flexibility index (Phi) is 5.16. The zero-order valence-corrected chi connectivity index (χ0v) is 16.3. The second-order valence-corrected chi connectivity index (χ2v) is 8.83. The van der Waals surface area contributed by atoms with E-state index in [9.17, 15) is 9.59 Å². The van der Waals surface area contributed by atoms with E-state index in [0.717, 1.165) is 36.5 Å². The summed E-state index contributed by atoms with van der Waals surface area (Å²) in [5.41, 5.74) is 7.85. The number of fused-ring (bicyclic) bond motifs is 1. The number of thiophene rings is 1. The summed E-state index contributed by atoms with van der Waals surface area (Å²) < 4.78 is 0. The third kappa shape index (κ3) is 3.97. The standard InChI is InChI=1S/C20H25N3O2S/c1-20(2,3)19(25)22-18-16(17(21)24)14-9-10-23(12-15(14)26-18)11-13-7-5-4-6-8-13/h4-8H,9-12H2,1-3H3,(H2,21,24)(H,22,25). The number of rotatable bonds is 4. The summed E-state index contributed by atoms with van der Waals surface area (Å²) in [5, 5.41) is 3.50. The molecule has 0 saturated heterocycles. The molecular weight excluding hydrogens is 346 g/mol. The first kappa shape index (κ1) is 18.6. The number of primary amides is 1. The molecule has 1 aliphatic rings. The van der Waals surface area contributed by atoms with Crippen LogP contribution in [0.2, 0.25) is 0 Å². The number of hydrogen-bond donors (Lipinski definition) is 2. The predicted octanol–water partition coefficient (Wildman–Crippen LogP) is 3.39. The third-order valence-electron chi connectivity index (χ3n) is 4.54. The van der Waals surface area contributed by atoms with Crippen LogP contribution in [0.4, 0.5) is 5.00 Å². The Hall–Kier alpha value is -2.18. The number of nitrogens with two attached hydrogens (primary N) is 1. The van der Waals surface area contributed by atoms with Crippen LogP contribution in [0.15, 0.2) is 30.3 Å². The number of benzene rings is 1. The maximum Gasteiger partial charge on any atom is 0.251 e. The van der Waals surface area contributed by atoms with Crippen molar-refractivity contribution in [2.24, 2.45) is 11.1 Å². The van der Waals surface area contributed by atoms with Gasteiger partial charge in [-0.25, -0.2) is 0 Å². The van der Waals surface area contributed by atoms with Crippen LogP contribution in [0.5, 0.6) is 0 Å². The van der Waals surface area contributed by atoms with Crippen molar-refractivity contribution >= 4 is 28.2 Å². The smallest absolute Gasteiger partial charge is 0.251 e. The van der Waals surface area contributed by atoms with Crippen molar-refractivity contribution in [3.63, 3.8) is 0 Å². The fraction of sp³-hybridized carbons (Fsp3) is 0.400. The molecule has 0 unspecified atom stereocenters. The highest BCUT2D eigenvalue weighted by molar-refractivity contribution is 7.17. The molecule has 138 valence electrons. The van der Waals surface area contributed by atoms with Crippen molar-refractivity contribution in [2.45, 2.75) is 40.3 Å². The normalized spacial score (nSPS) is 14.7. The third-order valence-corrected chi connectivity index (χ3v) is 5.67. The molecule has 1 aliphatic heterocycles. The topological polar surface area (TPSA) is 75.4 Å². The summed E-state index contributed by atoms with van der Waals surface area (Å²) in [7, 11) is 0. The lowest BCUT2D eigenvalue weighted by Gasteiger charge is -2.27. The fourth-order valence-electron chi connectivity index (χ4n) is 3.07. The highest BCUT2D eigenvalue weighted by Crippen LogP contribution is 2.38. The maximum atomic E-state index is 12.4. The average molecular weight is 372 g/mol. The zero-order valence-electron chi connectivity index (χ0n) is 15.5. The van der Waals surface area contributed by atoms with Crippen molar-refractivity contribution in [1.82, 2.24) is 4.90 Å². The average Bonchev–Trinajstić information content (AvgIpc) is 2.92. The Morgan fingerprint density at radius 3 is 2.54 bits per heavy atom. The summed E-state index contributed by atoms with van der Waals surface area (Å²) in [4.78, 5) is 27.9. The van der Waals surface area contributed by atoms with Gasteiger partial charge in [-0.15, -0.1) is 11.3 Å². The van der Waals surface area contributed by atoms with E-state index in [1.807, 2.05) is 39.0 Å². The molecule has 6 heteroatoms. The van der Waals surface area contributed by atoms with Crippen molar-refractivity contribution in [2.75, 3.05) is 11.9 Å². The Bertz CT molecular complexity index is 822. The van der Waals surface area contributed by atoms with E-state index in [2.05, 4.69) is 22.3 Å². The monoisotopic (exact) mass is 371 g/mol. The molecule has 3 N–H and O–H groups in total. The minimum absolute atomic E-state index is 0.111. The molecule has 2 heterocycles.